The van der Waals surface area contributed by atoms with Crippen LogP contribution in [0.4, 0.5) is 11.4 Å². The lowest BCUT2D eigenvalue weighted by Gasteiger charge is -2.40. The molecule has 23 heavy (non-hydrogen) atoms. The summed E-state index contributed by atoms with van der Waals surface area (Å²) in [6.07, 6.45) is 4.25. The van der Waals surface area contributed by atoms with Gasteiger partial charge in [0, 0.05) is 12.6 Å². The smallest absolute Gasteiger partial charge is 0.235 e. The van der Waals surface area contributed by atoms with E-state index in [0.29, 0.717) is 6.04 Å². The Hall–Kier alpha value is -1.55. The molecule has 2 heterocycles. The number of amides is 1. The third kappa shape index (κ3) is 2.18. The van der Waals surface area contributed by atoms with Gasteiger partial charge in [0.15, 0.2) is 0 Å². The first-order valence-electron chi connectivity index (χ1n) is 8.86. The maximum absolute atomic E-state index is 12.6. The molecule has 0 aromatic heterocycles. The second kappa shape index (κ2) is 4.97. The Morgan fingerprint density at radius 3 is 2.70 bits per heavy atom. The molecule has 1 aliphatic carbocycles. The molecule has 1 spiro atoms. The lowest BCUT2D eigenvalue weighted by Crippen LogP contribution is -2.49. The summed E-state index contributed by atoms with van der Waals surface area (Å²) in [6, 6.07) is 4.82. The monoisotopic (exact) mass is 313 g/mol. The fourth-order valence-corrected chi connectivity index (χ4v) is 4.42. The van der Waals surface area contributed by atoms with Gasteiger partial charge in [-0.05, 0) is 55.3 Å². The Morgan fingerprint density at radius 1 is 1.26 bits per heavy atom. The Morgan fingerprint density at radius 2 is 2.04 bits per heavy atom. The van der Waals surface area contributed by atoms with Gasteiger partial charge in [-0.25, -0.2) is 0 Å². The normalized spacial score (nSPS) is 27.3. The molecule has 0 bridgehead atoms. The number of rotatable bonds is 2. The van der Waals surface area contributed by atoms with Gasteiger partial charge in [-0.1, -0.05) is 26.3 Å². The first-order valence-corrected chi connectivity index (χ1v) is 8.86. The van der Waals surface area contributed by atoms with Gasteiger partial charge in [0.25, 0.3) is 0 Å². The van der Waals surface area contributed by atoms with E-state index in [-0.39, 0.29) is 16.7 Å². The standard InChI is InChI=1S/C19H27N3O/c1-12-9-13-16(22-17(23)19(13)6-4-7-19)14(10-12)21-15-5-8-20-11-18(15,2)3/h9-10,15,20-21H,4-8,11H2,1-3H3,(H,22,23). The number of carbonyl (C=O) groups excluding carboxylic acids is 1. The van der Waals surface area contributed by atoms with Gasteiger partial charge in [0.1, 0.15) is 0 Å². The molecular weight excluding hydrogens is 286 g/mol. The SMILES string of the molecule is Cc1cc(NC2CCNCC2(C)C)c2c(c1)C1(CCC1)C(=O)N2. The predicted octanol–water partition coefficient (Wildman–Crippen LogP) is 3.17. The van der Waals surface area contributed by atoms with E-state index in [1.54, 1.807) is 0 Å². The van der Waals surface area contributed by atoms with Crippen LogP contribution in [-0.2, 0) is 10.2 Å². The van der Waals surface area contributed by atoms with Crippen molar-refractivity contribution in [1.82, 2.24) is 5.32 Å². The van der Waals surface area contributed by atoms with E-state index < -0.39 is 0 Å². The van der Waals surface area contributed by atoms with Gasteiger partial charge in [-0.15, -0.1) is 0 Å². The van der Waals surface area contributed by atoms with Crippen molar-refractivity contribution in [3.63, 3.8) is 0 Å². The summed E-state index contributed by atoms with van der Waals surface area (Å²) in [6.45, 7) is 8.81. The molecule has 4 nitrogen and oxygen atoms in total. The highest BCUT2D eigenvalue weighted by molar-refractivity contribution is 6.09. The highest BCUT2D eigenvalue weighted by Gasteiger charge is 2.51. The van der Waals surface area contributed by atoms with Gasteiger partial charge in [-0.3, -0.25) is 4.79 Å². The van der Waals surface area contributed by atoms with Crippen molar-refractivity contribution < 1.29 is 4.79 Å². The van der Waals surface area contributed by atoms with Crippen LogP contribution in [0.25, 0.3) is 0 Å². The zero-order valence-electron chi connectivity index (χ0n) is 14.4. The molecule has 0 radical (unpaired) electrons. The molecule has 1 aromatic rings. The summed E-state index contributed by atoms with van der Waals surface area (Å²) in [7, 11) is 0. The molecule has 1 unspecified atom stereocenters. The quantitative estimate of drug-likeness (QED) is 0.786. The number of hydrogen-bond donors (Lipinski definition) is 3. The van der Waals surface area contributed by atoms with Crippen LogP contribution >= 0.6 is 0 Å². The second-order valence-electron chi connectivity index (χ2n) is 8.28. The molecule has 2 aliphatic heterocycles. The Balaban J connectivity index is 1.71. The second-order valence-corrected chi connectivity index (χ2v) is 8.28. The van der Waals surface area contributed by atoms with Crippen LogP contribution in [0.2, 0.25) is 0 Å². The van der Waals surface area contributed by atoms with Crippen LogP contribution in [0.5, 0.6) is 0 Å². The van der Waals surface area contributed by atoms with E-state index in [1.165, 1.54) is 11.1 Å². The van der Waals surface area contributed by atoms with Crippen molar-refractivity contribution in [1.29, 1.82) is 0 Å². The molecule has 4 rings (SSSR count). The molecule has 3 aliphatic rings. The average molecular weight is 313 g/mol. The molecular formula is C19H27N3O. The highest BCUT2D eigenvalue weighted by atomic mass is 16.2. The number of piperidine rings is 1. The minimum Gasteiger partial charge on any atom is -0.380 e. The maximum Gasteiger partial charge on any atom is 0.235 e. The lowest BCUT2D eigenvalue weighted by molar-refractivity contribution is -0.123. The van der Waals surface area contributed by atoms with Gasteiger partial charge < -0.3 is 16.0 Å². The molecule has 2 fully saturated rings. The van der Waals surface area contributed by atoms with Crippen molar-refractivity contribution in [2.24, 2.45) is 5.41 Å². The minimum absolute atomic E-state index is 0.200. The zero-order valence-corrected chi connectivity index (χ0v) is 14.4. The molecule has 124 valence electrons. The number of aryl methyl sites for hydroxylation is 1. The minimum atomic E-state index is -0.235. The Labute approximate surface area is 138 Å². The van der Waals surface area contributed by atoms with Crippen molar-refractivity contribution in [3.05, 3.63) is 23.3 Å². The van der Waals surface area contributed by atoms with Crippen LogP contribution in [0, 0.1) is 12.3 Å². The van der Waals surface area contributed by atoms with Gasteiger partial charge >= 0.3 is 0 Å². The van der Waals surface area contributed by atoms with Gasteiger partial charge in [-0.2, -0.15) is 0 Å². The number of carbonyl (C=O) groups is 1. The van der Waals surface area contributed by atoms with E-state index in [2.05, 4.69) is 48.9 Å². The zero-order chi connectivity index (χ0) is 16.2. The van der Waals surface area contributed by atoms with Gasteiger partial charge in [0.2, 0.25) is 5.91 Å². The summed E-state index contributed by atoms with van der Waals surface area (Å²) in [5.74, 6) is 0.206. The van der Waals surface area contributed by atoms with E-state index in [4.69, 9.17) is 0 Å². The first kappa shape index (κ1) is 15.0. The van der Waals surface area contributed by atoms with Crippen molar-refractivity contribution >= 4 is 17.3 Å². The topological polar surface area (TPSA) is 53.2 Å². The predicted molar refractivity (Wildman–Crippen MR) is 94.0 cm³/mol. The van der Waals surface area contributed by atoms with E-state index in [0.717, 1.165) is 50.1 Å². The van der Waals surface area contributed by atoms with E-state index >= 15 is 0 Å². The Kier molecular flexibility index (Phi) is 3.24. The molecule has 1 aromatic carbocycles. The largest absolute Gasteiger partial charge is 0.380 e. The van der Waals surface area contributed by atoms with Crippen molar-refractivity contribution in [2.75, 3.05) is 23.7 Å². The summed E-state index contributed by atoms with van der Waals surface area (Å²) in [5.41, 5.74) is 4.57. The fourth-order valence-electron chi connectivity index (χ4n) is 4.42. The number of nitrogens with one attached hydrogen (secondary N) is 3. The summed E-state index contributed by atoms with van der Waals surface area (Å²) in [4.78, 5) is 12.6. The van der Waals surface area contributed by atoms with E-state index in [1.807, 2.05) is 0 Å². The third-order valence-corrected chi connectivity index (χ3v) is 6.14. The first-order chi connectivity index (χ1) is 10.9. The summed E-state index contributed by atoms with van der Waals surface area (Å²) < 4.78 is 0. The van der Waals surface area contributed by atoms with Crippen LogP contribution < -0.4 is 16.0 Å². The molecule has 1 amide bonds. The maximum atomic E-state index is 12.6. The van der Waals surface area contributed by atoms with Crippen LogP contribution in [0.15, 0.2) is 12.1 Å². The number of fused-ring (bicyclic) bond motifs is 2. The highest BCUT2D eigenvalue weighted by Crippen LogP contribution is 2.53. The van der Waals surface area contributed by atoms with Gasteiger partial charge in [0.05, 0.1) is 16.8 Å². The molecule has 1 saturated heterocycles. The summed E-state index contributed by atoms with van der Waals surface area (Å²) >= 11 is 0. The molecule has 1 atom stereocenters. The Bertz CT molecular complexity index is 661. The van der Waals surface area contributed by atoms with Crippen LogP contribution in [0.1, 0.15) is 50.7 Å². The van der Waals surface area contributed by atoms with E-state index in [9.17, 15) is 4.79 Å². The third-order valence-electron chi connectivity index (χ3n) is 6.14. The number of hydrogen-bond acceptors (Lipinski definition) is 3. The van der Waals surface area contributed by atoms with Crippen molar-refractivity contribution in [3.8, 4) is 0 Å². The average Bonchev–Trinajstić information content (AvgIpc) is 2.73. The molecule has 1 saturated carbocycles. The van der Waals surface area contributed by atoms with Crippen LogP contribution in [0.3, 0.4) is 0 Å². The molecule has 3 N–H and O–H groups in total. The summed E-state index contributed by atoms with van der Waals surface area (Å²) in [5, 5.41) is 10.4. The van der Waals surface area contributed by atoms with Crippen molar-refractivity contribution in [2.45, 2.75) is 57.9 Å². The number of benzene rings is 1. The number of anilines is 2. The molecule has 4 heteroatoms. The fraction of sp³-hybridized carbons (Fsp3) is 0.632. The lowest BCUT2D eigenvalue weighted by atomic mass is 9.65. The van der Waals surface area contributed by atoms with Crippen LogP contribution in [-0.4, -0.2) is 25.0 Å².